The lowest BCUT2D eigenvalue weighted by Gasteiger charge is -2.35. The molecule has 1 aliphatic heterocycles. The van der Waals surface area contributed by atoms with Crippen LogP contribution in [0.15, 0.2) is 12.1 Å². The normalized spacial score (nSPS) is 20.4. The van der Waals surface area contributed by atoms with Gasteiger partial charge in [0, 0.05) is 37.6 Å². The molecule has 2 aliphatic rings. The summed E-state index contributed by atoms with van der Waals surface area (Å²) < 4.78 is 0.836. The van der Waals surface area contributed by atoms with E-state index in [1.807, 2.05) is 11.0 Å². The Morgan fingerprint density at radius 1 is 1.24 bits per heavy atom. The summed E-state index contributed by atoms with van der Waals surface area (Å²) in [5.41, 5.74) is 5.44. The molecular weight excluding hydrogens is 353 g/mol. The number of rotatable bonds is 3. The van der Waals surface area contributed by atoms with Crippen molar-refractivity contribution in [2.75, 3.05) is 26.2 Å². The maximum atomic E-state index is 12.1. The fourth-order valence-electron chi connectivity index (χ4n) is 2.43. The van der Waals surface area contributed by atoms with Crippen LogP contribution in [0.2, 0.25) is 4.34 Å². The number of hydrogen-bond donors (Lipinski definition) is 1. The molecule has 8 heteroatoms. The number of carbonyl (C=O) groups is 1. The van der Waals surface area contributed by atoms with Gasteiger partial charge in [0.25, 0.3) is 0 Å². The maximum absolute atomic E-state index is 12.1. The van der Waals surface area contributed by atoms with Crippen LogP contribution in [0.25, 0.3) is 0 Å². The fourth-order valence-corrected chi connectivity index (χ4v) is 3.56. The second-order valence-electron chi connectivity index (χ2n) is 5.43. The number of piperazine rings is 1. The molecule has 4 nitrogen and oxygen atoms in total. The monoisotopic (exact) mass is 371 g/mol. The van der Waals surface area contributed by atoms with E-state index in [-0.39, 0.29) is 30.7 Å². The largest absolute Gasteiger partial charge is 0.339 e. The zero-order valence-corrected chi connectivity index (χ0v) is 14.8. The van der Waals surface area contributed by atoms with Crippen molar-refractivity contribution in [1.82, 2.24) is 9.80 Å². The minimum Gasteiger partial charge on any atom is -0.339 e. The molecule has 2 N–H and O–H groups in total. The molecule has 1 aromatic heterocycles. The molecule has 0 atom stereocenters. The third-order valence-corrected chi connectivity index (χ3v) is 5.10. The number of nitrogens with two attached hydrogens (primary N) is 1. The van der Waals surface area contributed by atoms with Gasteiger partial charge in [0.05, 0.1) is 9.88 Å². The Hall–Kier alpha value is -0.0400. The topological polar surface area (TPSA) is 49.6 Å². The second-order valence-corrected chi connectivity index (χ2v) is 7.23. The lowest BCUT2D eigenvalue weighted by molar-refractivity contribution is -0.135. The summed E-state index contributed by atoms with van der Waals surface area (Å²) in [5.74, 6) is 0.145. The summed E-state index contributed by atoms with van der Waals surface area (Å²) in [5, 5.41) is 0. The van der Waals surface area contributed by atoms with Crippen LogP contribution >= 0.6 is 47.8 Å². The fraction of sp³-hybridized carbons (Fsp3) is 0.615. The van der Waals surface area contributed by atoms with E-state index < -0.39 is 5.54 Å². The molecule has 1 amide bonds. The van der Waals surface area contributed by atoms with Crippen molar-refractivity contribution in [2.45, 2.75) is 24.9 Å². The first-order valence-corrected chi connectivity index (χ1v) is 7.81. The highest BCUT2D eigenvalue weighted by molar-refractivity contribution is 7.16. The highest BCUT2D eigenvalue weighted by atomic mass is 35.5. The zero-order chi connectivity index (χ0) is 13.5. The molecule has 0 radical (unpaired) electrons. The van der Waals surface area contributed by atoms with Crippen molar-refractivity contribution in [3.05, 3.63) is 21.3 Å². The van der Waals surface area contributed by atoms with Gasteiger partial charge in [-0.3, -0.25) is 9.69 Å². The first-order valence-electron chi connectivity index (χ1n) is 6.62. The molecule has 0 bridgehead atoms. The highest BCUT2D eigenvalue weighted by Crippen LogP contribution is 2.34. The summed E-state index contributed by atoms with van der Waals surface area (Å²) in [6, 6.07) is 4.01. The Bertz CT molecular complexity index is 485. The molecule has 0 unspecified atom stereocenters. The van der Waals surface area contributed by atoms with E-state index in [9.17, 15) is 4.79 Å². The Morgan fingerprint density at radius 2 is 1.86 bits per heavy atom. The van der Waals surface area contributed by atoms with Gasteiger partial charge in [0.2, 0.25) is 5.91 Å². The van der Waals surface area contributed by atoms with Crippen LogP contribution in [0.1, 0.15) is 17.7 Å². The molecule has 1 aromatic rings. The second kappa shape index (κ2) is 7.49. The maximum Gasteiger partial charge on any atom is 0.242 e. The Kier molecular flexibility index (Phi) is 6.78. The first kappa shape index (κ1) is 19.0. The Morgan fingerprint density at radius 3 is 2.33 bits per heavy atom. The number of halogens is 3. The van der Waals surface area contributed by atoms with Gasteiger partial charge in [-0.15, -0.1) is 36.2 Å². The van der Waals surface area contributed by atoms with Crippen LogP contribution in [0.3, 0.4) is 0 Å². The molecule has 3 rings (SSSR count). The van der Waals surface area contributed by atoms with E-state index in [4.69, 9.17) is 17.3 Å². The molecular formula is C13H20Cl3N3OS. The minimum atomic E-state index is -0.524. The summed E-state index contributed by atoms with van der Waals surface area (Å²) in [6.45, 7) is 4.33. The summed E-state index contributed by atoms with van der Waals surface area (Å²) in [7, 11) is 0. The Labute approximate surface area is 146 Å². The third kappa shape index (κ3) is 4.47. The summed E-state index contributed by atoms with van der Waals surface area (Å²) in [6.07, 6.45) is 1.69. The molecule has 0 spiro atoms. The summed E-state index contributed by atoms with van der Waals surface area (Å²) >= 11 is 7.56. The van der Waals surface area contributed by atoms with Gasteiger partial charge in [-0.1, -0.05) is 11.6 Å². The minimum absolute atomic E-state index is 0. The smallest absolute Gasteiger partial charge is 0.242 e. The van der Waals surface area contributed by atoms with Crippen LogP contribution in [-0.4, -0.2) is 47.4 Å². The standard InChI is InChI=1S/C13H18ClN3OS.2ClH/c14-11-2-1-10(19-11)9-16-5-7-17(8-6-16)12(18)13(15)3-4-13;;/h1-2H,3-9,15H2;2*1H. The number of thiophene rings is 1. The molecule has 21 heavy (non-hydrogen) atoms. The van der Waals surface area contributed by atoms with E-state index in [0.717, 1.165) is 49.9 Å². The van der Waals surface area contributed by atoms with Crippen molar-refractivity contribution in [1.29, 1.82) is 0 Å². The van der Waals surface area contributed by atoms with E-state index >= 15 is 0 Å². The van der Waals surface area contributed by atoms with Crippen molar-refractivity contribution in [3.63, 3.8) is 0 Å². The molecule has 1 aliphatic carbocycles. The van der Waals surface area contributed by atoms with E-state index in [2.05, 4.69) is 11.0 Å². The zero-order valence-electron chi connectivity index (χ0n) is 11.6. The van der Waals surface area contributed by atoms with Crippen LogP contribution < -0.4 is 5.73 Å². The molecule has 120 valence electrons. The highest BCUT2D eigenvalue weighted by Gasteiger charge is 2.48. The van der Waals surface area contributed by atoms with Gasteiger partial charge < -0.3 is 10.6 Å². The molecule has 2 fully saturated rings. The SMILES string of the molecule is Cl.Cl.NC1(C(=O)N2CCN(Cc3ccc(Cl)s3)CC2)CC1. The number of nitrogens with zero attached hydrogens (tertiary/aromatic N) is 2. The van der Waals surface area contributed by atoms with Gasteiger partial charge in [-0.2, -0.15) is 0 Å². The quantitative estimate of drug-likeness (QED) is 0.886. The molecule has 1 saturated heterocycles. The van der Waals surface area contributed by atoms with E-state index in [1.165, 1.54) is 4.88 Å². The van der Waals surface area contributed by atoms with Crippen LogP contribution in [0.5, 0.6) is 0 Å². The van der Waals surface area contributed by atoms with Crippen LogP contribution in [0.4, 0.5) is 0 Å². The van der Waals surface area contributed by atoms with Gasteiger partial charge in [0.15, 0.2) is 0 Å². The predicted octanol–water partition coefficient (Wildman–Crippen LogP) is 2.38. The van der Waals surface area contributed by atoms with Crippen molar-refractivity contribution >= 4 is 53.7 Å². The summed E-state index contributed by atoms with van der Waals surface area (Å²) in [4.78, 5) is 17.7. The van der Waals surface area contributed by atoms with Crippen molar-refractivity contribution in [2.24, 2.45) is 5.73 Å². The van der Waals surface area contributed by atoms with E-state index in [1.54, 1.807) is 11.3 Å². The molecule has 0 aromatic carbocycles. The number of carbonyl (C=O) groups excluding carboxylic acids is 1. The third-order valence-electron chi connectivity index (χ3n) is 3.88. The van der Waals surface area contributed by atoms with Crippen LogP contribution in [-0.2, 0) is 11.3 Å². The Balaban J connectivity index is 0.00000110. The number of hydrogen-bond acceptors (Lipinski definition) is 4. The van der Waals surface area contributed by atoms with Crippen molar-refractivity contribution < 1.29 is 4.79 Å². The van der Waals surface area contributed by atoms with Gasteiger partial charge in [0.1, 0.15) is 0 Å². The predicted molar refractivity (Wildman–Crippen MR) is 91.8 cm³/mol. The average molecular weight is 373 g/mol. The van der Waals surface area contributed by atoms with Gasteiger partial charge in [-0.05, 0) is 25.0 Å². The van der Waals surface area contributed by atoms with Crippen molar-refractivity contribution in [3.8, 4) is 0 Å². The van der Waals surface area contributed by atoms with Crippen LogP contribution in [0, 0.1) is 0 Å². The van der Waals surface area contributed by atoms with Gasteiger partial charge in [-0.25, -0.2) is 0 Å². The molecule has 2 heterocycles. The molecule has 1 saturated carbocycles. The average Bonchev–Trinajstić information content (AvgIpc) is 3.03. The lowest BCUT2D eigenvalue weighted by Crippen LogP contribution is -2.53. The first-order chi connectivity index (χ1) is 9.07. The van der Waals surface area contributed by atoms with E-state index in [0.29, 0.717) is 0 Å². The number of amides is 1. The lowest BCUT2D eigenvalue weighted by atomic mass is 10.2. The van der Waals surface area contributed by atoms with Gasteiger partial charge >= 0.3 is 0 Å².